The molecule has 50 valence electrons. The van der Waals surface area contributed by atoms with Crippen LogP contribution < -0.4 is 5.73 Å². The van der Waals surface area contributed by atoms with Crippen LogP contribution in [0.15, 0.2) is 22.8 Å². The molecule has 0 aromatic carbocycles. The molecule has 0 amide bonds. The molecule has 1 rings (SSSR count). The lowest BCUT2D eigenvalue weighted by Gasteiger charge is -2.00. The smallest absolute Gasteiger partial charge is 0.133 e. The predicted molar refractivity (Wildman–Crippen MR) is 32.7 cm³/mol. The Balaban J connectivity index is 2.65. The molecule has 3 nitrogen and oxygen atoms in total. The number of hydrogen-bond acceptors (Lipinski definition) is 3. The fourth-order valence-corrected chi connectivity index (χ4v) is 0.597. The first-order valence-electron chi connectivity index (χ1n) is 2.76. The molecule has 0 aliphatic carbocycles. The molecule has 0 aliphatic heterocycles. The zero-order chi connectivity index (χ0) is 6.69. The van der Waals surface area contributed by atoms with Crippen molar-refractivity contribution in [2.75, 3.05) is 6.54 Å². The highest BCUT2D eigenvalue weighted by molar-refractivity contribution is 5.01. The Labute approximate surface area is 53.1 Å². The first kappa shape index (κ1) is 6.32. The molecule has 1 atom stereocenters. The highest BCUT2D eigenvalue weighted by Gasteiger charge is 2.05. The van der Waals surface area contributed by atoms with Crippen molar-refractivity contribution in [1.29, 1.82) is 0 Å². The summed E-state index contributed by atoms with van der Waals surface area (Å²) in [4.78, 5) is 0. The van der Waals surface area contributed by atoms with Gasteiger partial charge in [0.25, 0.3) is 0 Å². The maximum atomic E-state index is 9.00. The fourth-order valence-electron chi connectivity index (χ4n) is 0.597. The van der Waals surface area contributed by atoms with E-state index in [2.05, 4.69) is 0 Å². The molecule has 0 saturated heterocycles. The Morgan fingerprint density at radius 1 is 1.78 bits per heavy atom. The topological polar surface area (TPSA) is 59.4 Å². The van der Waals surface area contributed by atoms with Crippen molar-refractivity contribution in [2.24, 2.45) is 5.73 Å². The lowest BCUT2D eigenvalue weighted by atomic mass is 10.4. The molecule has 3 N–H and O–H groups in total. The Morgan fingerprint density at radius 2 is 2.56 bits per heavy atom. The van der Waals surface area contributed by atoms with Crippen LogP contribution in [0.3, 0.4) is 0 Å². The summed E-state index contributed by atoms with van der Waals surface area (Å²) in [5.74, 6) is 0.525. The summed E-state index contributed by atoms with van der Waals surface area (Å²) in [6.45, 7) is 0.202. The number of furan rings is 1. The van der Waals surface area contributed by atoms with Crippen LogP contribution in [0, 0.1) is 0 Å². The van der Waals surface area contributed by atoms with Crippen molar-refractivity contribution in [3.8, 4) is 0 Å². The van der Waals surface area contributed by atoms with E-state index in [9.17, 15) is 0 Å². The minimum atomic E-state index is -0.653. The van der Waals surface area contributed by atoms with Crippen molar-refractivity contribution < 1.29 is 9.52 Å². The van der Waals surface area contributed by atoms with Crippen molar-refractivity contribution in [3.63, 3.8) is 0 Å². The third-order valence-electron chi connectivity index (χ3n) is 1.09. The molecule has 0 saturated carbocycles. The first-order valence-corrected chi connectivity index (χ1v) is 2.76. The molecule has 1 unspecified atom stereocenters. The van der Waals surface area contributed by atoms with E-state index in [1.807, 2.05) is 0 Å². The monoisotopic (exact) mass is 129 g/mol. The summed E-state index contributed by atoms with van der Waals surface area (Å²) in [6.07, 6.45) is 0.855. The van der Waals surface area contributed by atoms with Crippen molar-refractivity contribution in [1.82, 2.24) is 0 Å². The summed E-state index contributed by atoms with van der Waals surface area (Å²) in [5, 5.41) is 9.00. The molecule has 0 aliphatic rings. The first-order chi connectivity index (χ1) is 4.34. The molecule has 9 heavy (non-hydrogen) atoms. The zero-order valence-corrected chi connectivity index (χ0v) is 4.95. The van der Waals surface area contributed by atoms with Gasteiger partial charge in [-0.05, 0) is 12.1 Å². The minimum absolute atomic E-state index is 0.202. The Bertz CT molecular complexity index is 160. The highest BCUT2D eigenvalue weighted by atomic mass is 16.4. The van der Waals surface area contributed by atoms with Gasteiger partial charge in [-0.1, -0.05) is 0 Å². The highest BCUT2D eigenvalue weighted by Crippen LogP contribution is 2.10. The van der Waals surface area contributed by atoms with Crippen LogP contribution in [0.5, 0.6) is 0 Å². The number of rotatable bonds is 2. The number of hydrogen-bond donors (Lipinski definition) is 2. The third kappa shape index (κ3) is 1.31. The SMILES string of the molecule is N[14CH2]C(O)c1ccco1. The van der Waals surface area contributed by atoms with Crippen molar-refractivity contribution in [3.05, 3.63) is 24.2 Å². The Kier molecular flexibility index (Phi) is 1.87. The summed E-state index contributed by atoms with van der Waals surface area (Å²) >= 11 is 0. The van der Waals surface area contributed by atoms with E-state index in [1.54, 1.807) is 12.1 Å². The van der Waals surface area contributed by atoms with Gasteiger partial charge in [0, 0.05) is 6.54 Å². The number of nitrogens with two attached hydrogens (primary N) is 1. The minimum Gasteiger partial charge on any atom is -0.467 e. The molecule has 0 bridgehead atoms. The van der Waals surface area contributed by atoms with Crippen LogP contribution in [0.2, 0.25) is 0 Å². The molecule has 1 aromatic rings. The van der Waals surface area contributed by atoms with E-state index >= 15 is 0 Å². The summed E-state index contributed by atoms with van der Waals surface area (Å²) in [6, 6.07) is 3.41. The molecule has 1 aromatic heterocycles. The van der Waals surface area contributed by atoms with Gasteiger partial charge < -0.3 is 15.3 Å². The summed E-state index contributed by atoms with van der Waals surface area (Å²) in [7, 11) is 0. The van der Waals surface area contributed by atoms with E-state index in [0.29, 0.717) is 5.76 Å². The van der Waals surface area contributed by atoms with Gasteiger partial charge in [-0.2, -0.15) is 0 Å². The van der Waals surface area contributed by atoms with E-state index in [0.717, 1.165) is 0 Å². The van der Waals surface area contributed by atoms with Gasteiger partial charge in [0.15, 0.2) is 0 Å². The van der Waals surface area contributed by atoms with Crippen LogP contribution in [0.4, 0.5) is 0 Å². The summed E-state index contributed by atoms with van der Waals surface area (Å²) in [5.41, 5.74) is 5.15. The van der Waals surface area contributed by atoms with Crippen molar-refractivity contribution in [2.45, 2.75) is 6.10 Å². The average Bonchev–Trinajstić information content (AvgIpc) is 2.37. The average molecular weight is 129 g/mol. The van der Waals surface area contributed by atoms with Gasteiger partial charge in [-0.15, -0.1) is 0 Å². The Hall–Kier alpha value is -0.800. The molecule has 3 heteroatoms. The molecule has 0 spiro atoms. The lowest BCUT2D eigenvalue weighted by molar-refractivity contribution is 0.158. The van der Waals surface area contributed by atoms with Gasteiger partial charge in [-0.3, -0.25) is 0 Å². The van der Waals surface area contributed by atoms with Gasteiger partial charge >= 0.3 is 0 Å². The van der Waals surface area contributed by atoms with Crippen LogP contribution >= 0.6 is 0 Å². The van der Waals surface area contributed by atoms with E-state index < -0.39 is 6.10 Å². The van der Waals surface area contributed by atoms with Gasteiger partial charge in [-0.25, -0.2) is 0 Å². The summed E-state index contributed by atoms with van der Waals surface area (Å²) < 4.78 is 4.86. The molecular weight excluding hydrogens is 120 g/mol. The second kappa shape index (κ2) is 2.66. The van der Waals surface area contributed by atoms with E-state index in [1.165, 1.54) is 6.26 Å². The van der Waals surface area contributed by atoms with Crippen molar-refractivity contribution >= 4 is 0 Å². The van der Waals surface area contributed by atoms with E-state index in [4.69, 9.17) is 15.3 Å². The second-order valence-corrected chi connectivity index (χ2v) is 1.77. The zero-order valence-electron chi connectivity index (χ0n) is 4.95. The second-order valence-electron chi connectivity index (χ2n) is 1.77. The molecule has 0 fully saturated rings. The van der Waals surface area contributed by atoms with Crippen LogP contribution in [-0.4, -0.2) is 11.7 Å². The van der Waals surface area contributed by atoms with E-state index in [-0.39, 0.29) is 6.54 Å². The third-order valence-corrected chi connectivity index (χ3v) is 1.09. The predicted octanol–water partition coefficient (Wildman–Crippen LogP) is 0.272. The van der Waals surface area contributed by atoms with Crippen LogP contribution in [-0.2, 0) is 0 Å². The maximum Gasteiger partial charge on any atom is 0.133 e. The molecular formula is C6H9NO2. The van der Waals surface area contributed by atoms with Gasteiger partial charge in [0.05, 0.1) is 6.26 Å². The van der Waals surface area contributed by atoms with Crippen LogP contribution in [0.25, 0.3) is 0 Å². The largest absolute Gasteiger partial charge is 0.467 e. The fraction of sp³-hybridized carbons (Fsp3) is 0.333. The van der Waals surface area contributed by atoms with Gasteiger partial charge in [0.1, 0.15) is 11.9 Å². The number of aliphatic hydroxyl groups is 1. The maximum absolute atomic E-state index is 9.00. The molecule has 1 heterocycles. The molecule has 0 radical (unpaired) electrons. The lowest BCUT2D eigenvalue weighted by Crippen LogP contribution is -2.10. The Morgan fingerprint density at radius 3 is 3.00 bits per heavy atom. The standard InChI is InChI=1S/C6H9NO2/c7-4-5(8)6-2-1-3-9-6/h1-3,5,8H,4,7H2/i4+2. The van der Waals surface area contributed by atoms with Gasteiger partial charge in [0.2, 0.25) is 0 Å². The quantitative estimate of drug-likeness (QED) is 0.602. The number of aliphatic hydroxyl groups excluding tert-OH is 1. The van der Waals surface area contributed by atoms with Crippen LogP contribution in [0.1, 0.15) is 11.9 Å². The normalized spacial score (nSPS) is 13.6.